The van der Waals surface area contributed by atoms with Crippen molar-refractivity contribution in [2.45, 2.75) is 94.8 Å². The molecule has 2 aliphatic carbocycles. The van der Waals surface area contributed by atoms with Crippen LogP contribution in [0.25, 0.3) is 0 Å². The van der Waals surface area contributed by atoms with E-state index < -0.39 is 94.8 Å². The Labute approximate surface area is 409 Å². The lowest BCUT2D eigenvalue weighted by molar-refractivity contribution is -0.247. The third kappa shape index (κ3) is 12.0. The van der Waals surface area contributed by atoms with E-state index in [9.17, 15) is 44.1 Å². The van der Waals surface area contributed by atoms with Crippen molar-refractivity contribution >= 4 is 35.3 Å². The van der Waals surface area contributed by atoms with Gasteiger partial charge in [0.05, 0.1) is 114 Å². The topological polar surface area (TPSA) is 297 Å². The number of ether oxygens (including phenoxy) is 9. The molecule has 2 aromatic carbocycles. The van der Waals surface area contributed by atoms with Crippen molar-refractivity contribution in [2.24, 2.45) is 5.92 Å². The van der Waals surface area contributed by atoms with E-state index in [0.717, 1.165) is 0 Å². The molecule has 0 radical (unpaired) electrons. The fourth-order valence-corrected chi connectivity index (χ4v) is 9.88. The van der Waals surface area contributed by atoms with Crippen LogP contribution < -0.4 is 15.6 Å². The molecule has 2 aromatic rings. The Morgan fingerprint density at radius 1 is 0.831 bits per heavy atom. The van der Waals surface area contributed by atoms with Gasteiger partial charge in [-0.3, -0.25) is 44.5 Å². The van der Waals surface area contributed by atoms with Gasteiger partial charge < -0.3 is 68.0 Å². The number of carbonyl (C=O) groups excluding carboxylic acids is 5. The first-order chi connectivity index (χ1) is 34.1. The second-order valence-electron chi connectivity index (χ2n) is 18.0. The molecule has 23 nitrogen and oxygen atoms in total. The van der Waals surface area contributed by atoms with Crippen LogP contribution in [-0.2, 0) is 63.5 Å². The number of aromatic hydroxyl groups is 2. The van der Waals surface area contributed by atoms with Crippen LogP contribution in [0.4, 0.5) is 0 Å². The van der Waals surface area contributed by atoms with Crippen molar-refractivity contribution in [2.75, 3.05) is 93.3 Å². The van der Waals surface area contributed by atoms with E-state index in [1.54, 1.807) is 12.0 Å². The van der Waals surface area contributed by atoms with Gasteiger partial charge in [0.15, 0.2) is 17.7 Å². The molecule has 0 spiro atoms. The predicted molar refractivity (Wildman–Crippen MR) is 244 cm³/mol. The Morgan fingerprint density at radius 3 is 2.14 bits per heavy atom. The number of ketones is 2. The maximum absolute atomic E-state index is 14.2. The molecule has 390 valence electrons. The summed E-state index contributed by atoms with van der Waals surface area (Å²) >= 11 is 0. The first-order valence-electron chi connectivity index (χ1n) is 23.8. The van der Waals surface area contributed by atoms with Crippen molar-refractivity contribution in [3.63, 3.8) is 0 Å². The first kappa shape index (κ1) is 53.5. The number of hydrogen-bond acceptors (Lipinski definition) is 19. The maximum Gasteiger partial charge on any atom is 0.308 e. The number of rotatable bonds is 23. The minimum Gasteiger partial charge on any atom is -0.507 e. The van der Waals surface area contributed by atoms with E-state index in [2.05, 4.69) is 15.8 Å². The van der Waals surface area contributed by atoms with Crippen molar-refractivity contribution in [3.8, 4) is 17.2 Å². The fraction of sp³-hybridized carbons (Fsp3) is 0.625. The number of benzene rings is 2. The molecule has 3 amide bonds. The van der Waals surface area contributed by atoms with Crippen LogP contribution in [0, 0.1) is 5.92 Å². The lowest BCUT2D eigenvalue weighted by Gasteiger charge is -2.43. The number of nitrogens with zero attached hydrogens (tertiary/aromatic N) is 2. The largest absolute Gasteiger partial charge is 0.507 e. The van der Waals surface area contributed by atoms with Gasteiger partial charge in [0.25, 0.3) is 5.91 Å². The molecular formula is C48H64N4O19. The summed E-state index contributed by atoms with van der Waals surface area (Å²) in [4.78, 5) is 81.9. The van der Waals surface area contributed by atoms with Gasteiger partial charge in [0.1, 0.15) is 29.6 Å². The van der Waals surface area contributed by atoms with Crippen LogP contribution >= 0.6 is 0 Å². The number of hydrogen-bond donors (Lipinski definition) is 6. The Balaban J connectivity index is 0.908. The van der Waals surface area contributed by atoms with Gasteiger partial charge in [-0.25, -0.2) is 0 Å². The highest BCUT2D eigenvalue weighted by Crippen LogP contribution is 2.53. The highest BCUT2D eigenvalue weighted by atomic mass is 16.7. The Kier molecular flexibility index (Phi) is 18.0. The van der Waals surface area contributed by atoms with Crippen molar-refractivity contribution in [1.29, 1.82) is 0 Å². The molecule has 71 heavy (non-hydrogen) atoms. The molecule has 3 aliphatic heterocycles. The molecule has 3 fully saturated rings. The summed E-state index contributed by atoms with van der Waals surface area (Å²) in [7, 11) is 2.92. The predicted octanol–water partition coefficient (Wildman–Crippen LogP) is 0.741. The highest BCUT2D eigenvalue weighted by Gasteiger charge is 2.53. The normalized spacial score (nSPS) is 25.8. The van der Waals surface area contributed by atoms with E-state index in [-0.39, 0.29) is 131 Å². The van der Waals surface area contributed by atoms with E-state index >= 15 is 0 Å². The standard InChI is InChI=1S/C48H64N4O19/c1-26-45-31(52(12-15-63-3)27(2)70-45)22-36(69-26)71-33-24-48(62,23-30-38(33)44(58)40-39(42(30)56)41(55)29-6-5-7-32(64-4)37(29)43(40)57)47(61)50-49-34(53)9-13-65-16-18-67-20-21-68-19-17-66-14-10-35(54)51-11-8-28(25-51)46(59)60/h5-7,26-28,31,33,36,45,56,58,62H,8-25H2,1-4H3,(H,49,53)(H,50,61)(H,59,60)/t26-,27+,28?,31-,33-,36-,45+,48-/m0/s1. The van der Waals surface area contributed by atoms with Crippen LogP contribution in [0.3, 0.4) is 0 Å². The van der Waals surface area contributed by atoms with E-state index in [1.807, 2.05) is 13.8 Å². The zero-order valence-corrected chi connectivity index (χ0v) is 40.3. The molecule has 1 unspecified atom stereocenters. The summed E-state index contributed by atoms with van der Waals surface area (Å²) in [6, 6.07) is 4.18. The lowest BCUT2D eigenvalue weighted by Crippen LogP contribution is -2.57. The van der Waals surface area contributed by atoms with Crippen LogP contribution in [0.5, 0.6) is 17.2 Å². The summed E-state index contributed by atoms with van der Waals surface area (Å²) in [5.41, 5.74) is 0.576. The zero-order chi connectivity index (χ0) is 51.0. The first-order valence-corrected chi connectivity index (χ1v) is 23.8. The number of likely N-dealkylation sites (tertiary alicyclic amines) is 1. The number of carboxylic acid groups (broad SMARTS) is 1. The Hall–Kier alpha value is -5.34. The van der Waals surface area contributed by atoms with Gasteiger partial charge in [0.2, 0.25) is 17.6 Å². The number of methoxy groups -OCH3 is 2. The van der Waals surface area contributed by atoms with E-state index in [0.29, 0.717) is 26.1 Å². The minimum absolute atomic E-state index is 0.0404. The third-order valence-electron chi connectivity index (χ3n) is 13.5. The third-order valence-corrected chi connectivity index (χ3v) is 13.5. The van der Waals surface area contributed by atoms with Crippen molar-refractivity contribution in [1.82, 2.24) is 20.7 Å². The molecule has 0 bridgehead atoms. The molecule has 5 aliphatic rings. The monoisotopic (exact) mass is 1000 g/mol. The summed E-state index contributed by atoms with van der Waals surface area (Å²) in [6.07, 6.45) is -4.03. The molecule has 3 heterocycles. The maximum atomic E-state index is 14.2. The quantitative estimate of drug-likeness (QED) is 0.0434. The number of amides is 3. The van der Waals surface area contributed by atoms with Crippen LogP contribution in [0.1, 0.15) is 95.0 Å². The number of carbonyl (C=O) groups is 6. The van der Waals surface area contributed by atoms with E-state index in [4.69, 9.17) is 47.7 Å². The molecule has 0 aromatic heterocycles. The van der Waals surface area contributed by atoms with Gasteiger partial charge in [-0.1, -0.05) is 12.1 Å². The van der Waals surface area contributed by atoms with Gasteiger partial charge in [-0.05, 0) is 26.3 Å². The number of nitrogens with one attached hydrogen (secondary N) is 2. The number of carboxylic acids is 1. The van der Waals surface area contributed by atoms with Crippen molar-refractivity contribution < 1.29 is 91.8 Å². The fourth-order valence-electron chi connectivity index (χ4n) is 9.88. The number of aliphatic carboxylic acids is 1. The number of fused-ring (bicyclic) bond motifs is 4. The number of phenolic OH excluding ortho intramolecular Hbond substituents is 2. The average Bonchev–Trinajstić information content (AvgIpc) is 3.98. The second-order valence-corrected chi connectivity index (χ2v) is 18.0. The summed E-state index contributed by atoms with van der Waals surface area (Å²) in [6.45, 7) is 6.98. The molecule has 3 saturated heterocycles. The molecular weight excluding hydrogens is 937 g/mol. The summed E-state index contributed by atoms with van der Waals surface area (Å²) < 4.78 is 51.6. The van der Waals surface area contributed by atoms with Crippen LogP contribution in [-0.4, -0.2) is 195 Å². The molecule has 8 atom stereocenters. The Bertz CT molecular complexity index is 2300. The molecule has 7 rings (SSSR count). The van der Waals surface area contributed by atoms with E-state index in [1.165, 1.54) is 25.3 Å². The number of phenols is 2. The lowest BCUT2D eigenvalue weighted by atomic mass is 9.72. The van der Waals surface area contributed by atoms with Crippen molar-refractivity contribution in [3.05, 3.63) is 51.6 Å². The Morgan fingerprint density at radius 2 is 1.49 bits per heavy atom. The SMILES string of the molecule is COCCN1[C@@H](C)O[C@@H]2[C@H](C)O[C@@H](O[C@H]3C[C@](O)(C(=O)NNC(=O)CCOCCOCCOCCOCCC(=O)N4CCC(C(=O)O)C4)Cc4c(O)c5c(c(O)c43)C(=O)c3c(OC)cccc3C5=O)C[C@@H]21. The zero-order valence-electron chi connectivity index (χ0n) is 40.3. The number of hydrazine groups is 1. The molecule has 23 heteroatoms. The smallest absolute Gasteiger partial charge is 0.308 e. The van der Waals surface area contributed by atoms with Gasteiger partial charge in [0, 0.05) is 68.7 Å². The average molecular weight is 1000 g/mol. The van der Waals surface area contributed by atoms with Gasteiger partial charge in [-0.15, -0.1) is 0 Å². The molecule has 0 saturated carbocycles. The number of aliphatic hydroxyl groups is 1. The van der Waals surface area contributed by atoms with Crippen LogP contribution in [0.15, 0.2) is 18.2 Å². The van der Waals surface area contributed by atoms with Gasteiger partial charge in [-0.2, -0.15) is 0 Å². The summed E-state index contributed by atoms with van der Waals surface area (Å²) in [5, 5.41) is 45.2. The second kappa shape index (κ2) is 23.9. The van der Waals surface area contributed by atoms with Gasteiger partial charge >= 0.3 is 5.97 Å². The molecule has 6 N–H and O–H groups in total. The highest BCUT2D eigenvalue weighted by molar-refractivity contribution is 6.31. The summed E-state index contributed by atoms with van der Waals surface area (Å²) in [5.74, 6) is -6.21. The minimum atomic E-state index is -2.42. The van der Waals surface area contributed by atoms with Crippen LogP contribution in [0.2, 0.25) is 0 Å².